The number of amides is 2. The van der Waals surface area contributed by atoms with Crippen LogP contribution in [0.5, 0.6) is 0 Å². The van der Waals surface area contributed by atoms with Crippen molar-refractivity contribution in [2.75, 3.05) is 39.5 Å². The van der Waals surface area contributed by atoms with Crippen LogP contribution in [0.2, 0.25) is 0 Å². The molecule has 1 aromatic heterocycles. The molecule has 1 N–H and O–H groups in total. The summed E-state index contributed by atoms with van der Waals surface area (Å²) in [7, 11) is 0. The smallest absolute Gasteiger partial charge is 0.246 e. The van der Waals surface area contributed by atoms with Crippen LogP contribution in [0.25, 0.3) is 0 Å². The predicted octanol–water partition coefficient (Wildman–Crippen LogP) is -0.903. The summed E-state index contributed by atoms with van der Waals surface area (Å²) in [4.78, 5) is 38.8. The van der Waals surface area contributed by atoms with E-state index < -0.39 is 5.54 Å². The van der Waals surface area contributed by atoms with E-state index >= 15 is 0 Å². The molecule has 0 aliphatic carbocycles. The van der Waals surface area contributed by atoms with Crippen molar-refractivity contribution in [3.05, 3.63) is 30.1 Å². The molecule has 8 heteroatoms. The van der Waals surface area contributed by atoms with E-state index in [4.69, 9.17) is 9.47 Å². The Bertz CT molecular complexity index is 531. The van der Waals surface area contributed by atoms with Crippen LogP contribution in [0.3, 0.4) is 0 Å². The van der Waals surface area contributed by atoms with Gasteiger partial charge in [-0.25, -0.2) is 0 Å². The van der Waals surface area contributed by atoms with Gasteiger partial charge in [0.25, 0.3) is 0 Å². The molecule has 0 aromatic carbocycles. The van der Waals surface area contributed by atoms with E-state index in [1.54, 1.807) is 17.2 Å². The number of aromatic nitrogens is 1. The van der Waals surface area contributed by atoms with Gasteiger partial charge in [-0.15, -0.1) is 0 Å². The Kier molecular flexibility index (Phi) is 6.19. The van der Waals surface area contributed by atoms with Crippen molar-refractivity contribution in [1.29, 1.82) is 0 Å². The topological polar surface area (TPSA) is 97.8 Å². The lowest BCUT2D eigenvalue weighted by molar-refractivity contribution is -0.136. The number of nitrogens with zero attached hydrogens (tertiary/aromatic N) is 2. The molecule has 1 fully saturated rings. The molecule has 1 aliphatic heterocycles. The zero-order valence-electron chi connectivity index (χ0n) is 12.6. The third-order valence-electron chi connectivity index (χ3n) is 3.42. The second kappa shape index (κ2) is 8.35. The SMILES string of the molecule is O=CCOCCOCC(=O)NC1(c2ccccn2)CN(C=O)C1. The summed E-state index contributed by atoms with van der Waals surface area (Å²) < 4.78 is 10.1. The van der Waals surface area contributed by atoms with Crippen molar-refractivity contribution in [3.8, 4) is 0 Å². The molecule has 0 atom stereocenters. The van der Waals surface area contributed by atoms with Crippen molar-refractivity contribution in [2.45, 2.75) is 5.54 Å². The lowest BCUT2D eigenvalue weighted by atomic mass is 9.86. The molecule has 1 saturated heterocycles. The van der Waals surface area contributed by atoms with Crippen molar-refractivity contribution in [2.24, 2.45) is 0 Å². The summed E-state index contributed by atoms with van der Waals surface area (Å²) in [5.41, 5.74) is 0.0390. The number of pyridine rings is 1. The summed E-state index contributed by atoms with van der Waals surface area (Å²) in [5.74, 6) is -0.295. The van der Waals surface area contributed by atoms with Crippen molar-refractivity contribution in [1.82, 2.24) is 15.2 Å². The predicted molar refractivity (Wildman–Crippen MR) is 79.4 cm³/mol. The van der Waals surface area contributed by atoms with Crippen LogP contribution in [0.1, 0.15) is 5.69 Å². The number of nitrogens with one attached hydrogen (secondary N) is 1. The van der Waals surface area contributed by atoms with Gasteiger partial charge >= 0.3 is 0 Å². The van der Waals surface area contributed by atoms with Gasteiger partial charge in [0.1, 0.15) is 25.0 Å². The summed E-state index contributed by atoms with van der Waals surface area (Å²) in [5, 5.41) is 2.89. The monoisotopic (exact) mass is 321 g/mol. The number of carbonyl (C=O) groups excluding carboxylic acids is 3. The van der Waals surface area contributed by atoms with Crippen molar-refractivity contribution >= 4 is 18.6 Å². The Morgan fingerprint density at radius 2 is 2.09 bits per heavy atom. The zero-order valence-corrected chi connectivity index (χ0v) is 12.6. The number of hydrogen-bond acceptors (Lipinski definition) is 6. The number of rotatable bonds is 10. The first-order valence-corrected chi connectivity index (χ1v) is 7.21. The van der Waals surface area contributed by atoms with E-state index in [0.717, 1.165) is 6.41 Å². The number of hydrogen-bond donors (Lipinski definition) is 1. The number of carbonyl (C=O) groups is 3. The Hall–Kier alpha value is -2.32. The van der Waals surface area contributed by atoms with Crippen LogP contribution in [0.15, 0.2) is 24.4 Å². The quantitative estimate of drug-likeness (QED) is 0.443. The highest BCUT2D eigenvalue weighted by Gasteiger charge is 2.46. The minimum atomic E-state index is -0.670. The van der Waals surface area contributed by atoms with Crippen LogP contribution < -0.4 is 5.32 Å². The fourth-order valence-corrected chi connectivity index (χ4v) is 2.39. The van der Waals surface area contributed by atoms with Gasteiger partial charge < -0.3 is 24.5 Å². The molecule has 0 saturated carbocycles. The molecule has 1 aliphatic rings. The summed E-state index contributed by atoms with van der Waals surface area (Å²) >= 11 is 0. The molecule has 2 amide bonds. The van der Waals surface area contributed by atoms with E-state index in [0.29, 0.717) is 25.1 Å². The molecule has 1 aromatic rings. The zero-order chi connectivity index (χ0) is 16.5. The molecule has 0 bridgehead atoms. The summed E-state index contributed by atoms with van der Waals surface area (Å²) in [6.07, 6.45) is 3.04. The summed E-state index contributed by atoms with van der Waals surface area (Å²) in [6, 6.07) is 5.44. The molecule has 8 nitrogen and oxygen atoms in total. The van der Waals surface area contributed by atoms with Crippen LogP contribution in [0.4, 0.5) is 0 Å². The van der Waals surface area contributed by atoms with E-state index in [9.17, 15) is 14.4 Å². The molecule has 124 valence electrons. The molecular weight excluding hydrogens is 302 g/mol. The second-order valence-corrected chi connectivity index (χ2v) is 5.15. The average Bonchev–Trinajstić information content (AvgIpc) is 2.54. The van der Waals surface area contributed by atoms with Crippen molar-refractivity contribution < 1.29 is 23.9 Å². The van der Waals surface area contributed by atoms with Gasteiger partial charge in [-0.1, -0.05) is 6.07 Å². The molecule has 0 spiro atoms. The molecule has 23 heavy (non-hydrogen) atoms. The van der Waals surface area contributed by atoms with Crippen LogP contribution in [-0.4, -0.2) is 68.0 Å². The average molecular weight is 321 g/mol. The van der Waals surface area contributed by atoms with Gasteiger partial charge in [0.05, 0.1) is 32.0 Å². The minimum Gasteiger partial charge on any atom is -0.372 e. The van der Waals surface area contributed by atoms with Gasteiger partial charge in [0.15, 0.2) is 0 Å². The normalized spacial score (nSPS) is 15.6. The molecular formula is C15H19N3O5. The minimum absolute atomic E-state index is 0.0138. The third kappa shape index (κ3) is 4.57. The van der Waals surface area contributed by atoms with Gasteiger partial charge in [0, 0.05) is 6.20 Å². The van der Waals surface area contributed by atoms with E-state index in [1.165, 1.54) is 0 Å². The van der Waals surface area contributed by atoms with Crippen molar-refractivity contribution in [3.63, 3.8) is 0 Å². The highest BCUT2D eigenvalue weighted by atomic mass is 16.5. The van der Waals surface area contributed by atoms with Crippen LogP contribution >= 0.6 is 0 Å². The fourth-order valence-electron chi connectivity index (χ4n) is 2.39. The molecule has 2 heterocycles. The maximum atomic E-state index is 12.0. The molecule has 2 rings (SSSR count). The molecule has 0 radical (unpaired) electrons. The van der Waals surface area contributed by atoms with E-state index in [2.05, 4.69) is 10.3 Å². The lowest BCUT2D eigenvalue weighted by Gasteiger charge is -2.48. The lowest BCUT2D eigenvalue weighted by Crippen LogP contribution is -2.68. The maximum absolute atomic E-state index is 12.0. The second-order valence-electron chi connectivity index (χ2n) is 5.15. The number of likely N-dealkylation sites (tertiary alicyclic amines) is 1. The highest BCUT2D eigenvalue weighted by Crippen LogP contribution is 2.29. The Labute approximate surface area is 133 Å². The Morgan fingerprint density at radius 3 is 2.74 bits per heavy atom. The standard InChI is InChI=1S/C15H19N3O5/c19-5-6-22-7-8-23-9-14(21)17-15(10-18(11-15)12-20)13-3-1-2-4-16-13/h1-5,12H,6-11H2,(H,17,21). The van der Waals surface area contributed by atoms with Gasteiger partial charge in [-0.2, -0.15) is 0 Å². The van der Waals surface area contributed by atoms with E-state index in [1.807, 2.05) is 12.1 Å². The van der Waals surface area contributed by atoms with Crippen LogP contribution in [0, 0.1) is 0 Å². The first-order chi connectivity index (χ1) is 11.2. The maximum Gasteiger partial charge on any atom is 0.246 e. The highest BCUT2D eigenvalue weighted by molar-refractivity contribution is 5.78. The fraction of sp³-hybridized carbons (Fsp3) is 0.467. The number of ether oxygens (including phenoxy) is 2. The van der Waals surface area contributed by atoms with E-state index in [-0.39, 0.29) is 32.3 Å². The van der Waals surface area contributed by atoms with Gasteiger partial charge in [-0.05, 0) is 12.1 Å². The Balaban J connectivity index is 1.83. The third-order valence-corrected chi connectivity index (χ3v) is 3.42. The van der Waals surface area contributed by atoms with Gasteiger partial charge in [0.2, 0.25) is 12.3 Å². The largest absolute Gasteiger partial charge is 0.372 e. The number of aldehydes is 1. The van der Waals surface area contributed by atoms with Crippen LogP contribution in [-0.2, 0) is 29.4 Å². The molecule has 0 unspecified atom stereocenters. The summed E-state index contributed by atoms with van der Waals surface area (Å²) in [6.45, 7) is 1.11. The van der Waals surface area contributed by atoms with Gasteiger partial charge in [-0.3, -0.25) is 14.6 Å². The first-order valence-electron chi connectivity index (χ1n) is 7.21. The Morgan fingerprint density at radius 1 is 1.30 bits per heavy atom. The first kappa shape index (κ1) is 17.0.